The number of nitro groups is 1. The Kier molecular flexibility index (Phi) is 2.86. The summed E-state index contributed by atoms with van der Waals surface area (Å²) in [6, 6.07) is 3.33. The smallest absolute Gasteiger partial charge is 0.276 e. The highest BCUT2D eigenvalue weighted by molar-refractivity contribution is 6.29. The molecule has 2 aliphatic carbocycles. The van der Waals surface area contributed by atoms with Crippen LogP contribution >= 0.6 is 11.6 Å². The summed E-state index contributed by atoms with van der Waals surface area (Å²) in [5.41, 5.74) is 0.0199. The summed E-state index contributed by atoms with van der Waals surface area (Å²) in [6.45, 7) is 0.954. The number of hydrogen-bond acceptors (Lipinski definition) is 4. The number of rotatable bonds is 5. The van der Waals surface area contributed by atoms with Crippen LogP contribution in [0.5, 0.6) is 0 Å². The van der Waals surface area contributed by atoms with Crippen LogP contribution in [-0.2, 0) is 0 Å². The lowest BCUT2D eigenvalue weighted by molar-refractivity contribution is -0.384. The molecule has 3 rings (SSSR count). The molecule has 0 spiro atoms. The normalized spacial score (nSPS) is 18.7. The van der Waals surface area contributed by atoms with E-state index in [1.165, 1.54) is 25.0 Å². The number of anilines is 1. The van der Waals surface area contributed by atoms with Crippen LogP contribution in [0.4, 0.5) is 11.5 Å². The zero-order valence-electron chi connectivity index (χ0n) is 9.88. The fourth-order valence-corrected chi connectivity index (χ4v) is 2.32. The minimum atomic E-state index is -0.417. The molecule has 0 atom stereocenters. The molecule has 2 fully saturated rings. The fourth-order valence-electron chi connectivity index (χ4n) is 2.12. The maximum absolute atomic E-state index is 10.8. The third kappa shape index (κ3) is 2.56. The summed E-state index contributed by atoms with van der Waals surface area (Å²) in [6.07, 6.45) is 4.81. The van der Waals surface area contributed by atoms with Crippen LogP contribution in [0.1, 0.15) is 25.7 Å². The van der Waals surface area contributed by atoms with Gasteiger partial charge in [-0.1, -0.05) is 11.6 Å². The molecule has 1 aromatic heterocycles. The zero-order valence-corrected chi connectivity index (χ0v) is 10.6. The maximum atomic E-state index is 10.8. The Labute approximate surface area is 110 Å². The predicted molar refractivity (Wildman–Crippen MR) is 69.0 cm³/mol. The molecule has 18 heavy (non-hydrogen) atoms. The second-order valence-electron chi connectivity index (χ2n) is 5.09. The van der Waals surface area contributed by atoms with Crippen molar-refractivity contribution in [2.45, 2.75) is 31.7 Å². The Bertz CT molecular complexity index is 486. The van der Waals surface area contributed by atoms with Crippen molar-refractivity contribution in [1.29, 1.82) is 0 Å². The molecule has 6 heteroatoms. The summed E-state index contributed by atoms with van der Waals surface area (Å²) in [4.78, 5) is 16.9. The van der Waals surface area contributed by atoms with Gasteiger partial charge in [-0.25, -0.2) is 4.98 Å². The molecular weight excluding hydrogens is 254 g/mol. The van der Waals surface area contributed by atoms with Crippen molar-refractivity contribution in [3.63, 3.8) is 0 Å². The fraction of sp³-hybridized carbons (Fsp3) is 0.583. The van der Waals surface area contributed by atoms with Crippen molar-refractivity contribution < 1.29 is 4.92 Å². The van der Waals surface area contributed by atoms with Crippen molar-refractivity contribution >= 4 is 23.1 Å². The summed E-state index contributed by atoms with van der Waals surface area (Å²) in [5, 5.41) is 11.0. The number of nitrogens with zero attached hydrogens (tertiary/aromatic N) is 3. The number of hydrogen-bond donors (Lipinski definition) is 0. The van der Waals surface area contributed by atoms with Crippen molar-refractivity contribution in [1.82, 2.24) is 4.98 Å². The van der Waals surface area contributed by atoms with Gasteiger partial charge in [0.05, 0.1) is 17.1 Å². The van der Waals surface area contributed by atoms with Gasteiger partial charge in [-0.3, -0.25) is 10.1 Å². The third-order valence-electron chi connectivity index (χ3n) is 3.41. The van der Waals surface area contributed by atoms with Gasteiger partial charge in [0.2, 0.25) is 0 Å². The predicted octanol–water partition coefficient (Wildman–Crippen LogP) is 3.02. The molecule has 1 aromatic rings. The van der Waals surface area contributed by atoms with Crippen LogP contribution in [0.25, 0.3) is 0 Å². The van der Waals surface area contributed by atoms with Gasteiger partial charge in [0.25, 0.3) is 5.69 Å². The van der Waals surface area contributed by atoms with Crippen LogP contribution in [0, 0.1) is 16.0 Å². The highest BCUT2D eigenvalue weighted by Crippen LogP contribution is 2.38. The monoisotopic (exact) mass is 267 g/mol. The molecule has 0 saturated heterocycles. The van der Waals surface area contributed by atoms with Crippen molar-refractivity contribution in [2.24, 2.45) is 5.92 Å². The largest absolute Gasteiger partial charge is 0.353 e. The molecule has 96 valence electrons. The molecule has 0 amide bonds. The molecular formula is C12H14ClN3O2. The maximum Gasteiger partial charge on any atom is 0.276 e. The average molecular weight is 268 g/mol. The molecule has 0 aromatic carbocycles. The Balaban J connectivity index is 1.89. The molecule has 1 heterocycles. The van der Waals surface area contributed by atoms with E-state index >= 15 is 0 Å². The minimum Gasteiger partial charge on any atom is -0.353 e. The quantitative estimate of drug-likeness (QED) is 0.467. The van der Waals surface area contributed by atoms with Gasteiger partial charge >= 0.3 is 0 Å². The molecule has 0 bridgehead atoms. The Morgan fingerprint density at radius 3 is 2.67 bits per heavy atom. The van der Waals surface area contributed by atoms with Gasteiger partial charge in [0, 0.05) is 12.6 Å². The van der Waals surface area contributed by atoms with Crippen LogP contribution in [0.15, 0.2) is 12.1 Å². The Morgan fingerprint density at radius 1 is 1.39 bits per heavy atom. The first kappa shape index (κ1) is 11.7. The van der Waals surface area contributed by atoms with Crippen molar-refractivity contribution in [2.75, 3.05) is 11.4 Å². The minimum absolute atomic E-state index is 0.0199. The van der Waals surface area contributed by atoms with E-state index in [1.807, 2.05) is 0 Å². The lowest BCUT2D eigenvalue weighted by Crippen LogP contribution is -2.29. The standard InChI is InChI=1S/C12H14ClN3O2/c13-11-5-10(16(17)18)6-12(14-11)15(9-3-4-9)7-8-1-2-8/h5-6,8-9H,1-4,7H2. The van der Waals surface area contributed by atoms with Crippen molar-refractivity contribution in [3.8, 4) is 0 Å². The van der Waals surface area contributed by atoms with E-state index in [4.69, 9.17) is 11.6 Å². The lowest BCUT2D eigenvalue weighted by Gasteiger charge is -2.23. The first-order valence-electron chi connectivity index (χ1n) is 6.22. The van der Waals surface area contributed by atoms with Gasteiger partial charge in [-0.05, 0) is 31.6 Å². The molecule has 0 radical (unpaired) electrons. The molecule has 0 unspecified atom stereocenters. The van der Waals surface area contributed by atoms with E-state index < -0.39 is 4.92 Å². The molecule has 2 aliphatic rings. The number of aromatic nitrogens is 1. The second kappa shape index (κ2) is 4.39. The first-order chi connectivity index (χ1) is 8.63. The second-order valence-corrected chi connectivity index (χ2v) is 5.48. The van der Waals surface area contributed by atoms with Gasteiger partial charge in [0.1, 0.15) is 11.0 Å². The van der Waals surface area contributed by atoms with Gasteiger partial charge < -0.3 is 4.90 Å². The SMILES string of the molecule is O=[N+]([O-])c1cc(Cl)nc(N(CC2CC2)C2CC2)c1. The molecule has 0 N–H and O–H groups in total. The van der Waals surface area contributed by atoms with Crippen LogP contribution in [0.2, 0.25) is 5.15 Å². The summed E-state index contributed by atoms with van der Waals surface area (Å²) in [5.74, 6) is 1.38. The highest BCUT2D eigenvalue weighted by atomic mass is 35.5. The third-order valence-corrected chi connectivity index (χ3v) is 3.60. The van der Waals surface area contributed by atoms with Crippen LogP contribution < -0.4 is 4.90 Å². The average Bonchev–Trinajstić information content (AvgIpc) is 3.17. The number of halogens is 1. The summed E-state index contributed by atoms with van der Waals surface area (Å²) < 4.78 is 0. The summed E-state index contributed by atoms with van der Waals surface area (Å²) >= 11 is 5.87. The van der Waals surface area contributed by atoms with Crippen LogP contribution in [0.3, 0.4) is 0 Å². The van der Waals surface area contributed by atoms with Crippen LogP contribution in [-0.4, -0.2) is 22.5 Å². The van der Waals surface area contributed by atoms with Crippen molar-refractivity contribution in [3.05, 3.63) is 27.4 Å². The summed E-state index contributed by atoms with van der Waals surface area (Å²) in [7, 11) is 0. The van der Waals surface area contributed by atoms with E-state index in [2.05, 4.69) is 9.88 Å². The Hall–Kier alpha value is -1.36. The molecule has 0 aliphatic heterocycles. The topological polar surface area (TPSA) is 59.3 Å². The van der Waals surface area contributed by atoms with E-state index in [1.54, 1.807) is 0 Å². The van der Waals surface area contributed by atoms with E-state index in [0.717, 1.165) is 25.3 Å². The molecule has 2 saturated carbocycles. The van der Waals surface area contributed by atoms with E-state index in [-0.39, 0.29) is 10.8 Å². The highest BCUT2D eigenvalue weighted by Gasteiger charge is 2.35. The van der Waals surface area contributed by atoms with Gasteiger partial charge in [-0.15, -0.1) is 0 Å². The lowest BCUT2D eigenvalue weighted by atomic mass is 10.3. The van der Waals surface area contributed by atoms with E-state index in [0.29, 0.717) is 11.9 Å². The zero-order chi connectivity index (χ0) is 12.7. The number of pyridine rings is 1. The Morgan fingerprint density at radius 2 is 2.11 bits per heavy atom. The molecule has 5 nitrogen and oxygen atoms in total. The first-order valence-corrected chi connectivity index (χ1v) is 6.60. The van der Waals surface area contributed by atoms with Gasteiger partial charge in [-0.2, -0.15) is 0 Å². The van der Waals surface area contributed by atoms with Gasteiger partial charge in [0.15, 0.2) is 0 Å². The van der Waals surface area contributed by atoms with E-state index in [9.17, 15) is 10.1 Å².